The van der Waals surface area contributed by atoms with Crippen molar-refractivity contribution in [2.24, 2.45) is 0 Å². The number of halogens is 4. The Hall–Kier alpha value is -3.59. The van der Waals surface area contributed by atoms with E-state index in [9.17, 15) is 18.0 Å². The number of rotatable bonds is 2. The molecular formula is C25H22ClF3N2O4. The highest BCUT2D eigenvalue weighted by Gasteiger charge is 2.38. The Labute approximate surface area is 204 Å². The number of aliphatic carboxylic acids is 1. The second kappa shape index (κ2) is 10.8. The van der Waals surface area contributed by atoms with Crippen LogP contribution in [0.5, 0.6) is 5.88 Å². The van der Waals surface area contributed by atoms with Crippen LogP contribution in [-0.4, -0.2) is 35.3 Å². The highest BCUT2D eigenvalue weighted by molar-refractivity contribution is 6.30. The lowest BCUT2D eigenvalue weighted by atomic mass is 9.92. The van der Waals surface area contributed by atoms with E-state index in [0.717, 1.165) is 35.2 Å². The number of aromatic nitrogens is 1. The van der Waals surface area contributed by atoms with Gasteiger partial charge in [-0.1, -0.05) is 29.8 Å². The van der Waals surface area contributed by atoms with E-state index >= 15 is 0 Å². The van der Waals surface area contributed by atoms with Gasteiger partial charge in [0.1, 0.15) is 0 Å². The van der Waals surface area contributed by atoms with Crippen molar-refractivity contribution in [3.63, 3.8) is 0 Å². The van der Waals surface area contributed by atoms with E-state index in [-0.39, 0.29) is 5.91 Å². The maximum Gasteiger partial charge on any atom is 0.490 e. The average molecular weight is 507 g/mol. The van der Waals surface area contributed by atoms with Gasteiger partial charge in [0.2, 0.25) is 11.8 Å². The van der Waals surface area contributed by atoms with Crippen LogP contribution in [0.25, 0.3) is 11.1 Å². The van der Waals surface area contributed by atoms with Gasteiger partial charge in [0.25, 0.3) is 0 Å². The van der Waals surface area contributed by atoms with Crippen molar-refractivity contribution in [2.75, 3.05) is 12.0 Å². The molecule has 0 saturated heterocycles. The molecule has 1 aliphatic rings. The van der Waals surface area contributed by atoms with Gasteiger partial charge in [-0.3, -0.25) is 4.79 Å². The second-order valence-corrected chi connectivity index (χ2v) is 8.19. The molecule has 2 aromatic carbocycles. The molecular weight excluding hydrogens is 485 g/mol. The zero-order chi connectivity index (χ0) is 25.8. The second-order valence-electron chi connectivity index (χ2n) is 7.75. The highest BCUT2D eigenvalue weighted by atomic mass is 35.5. The number of anilines is 1. The van der Waals surface area contributed by atoms with Gasteiger partial charge in [0, 0.05) is 35.5 Å². The molecule has 2 heterocycles. The minimum atomic E-state index is -5.08. The molecule has 0 atom stereocenters. The van der Waals surface area contributed by atoms with E-state index in [1.165, 1.54) is 11.1 Å². The normalized spacial score (nSPS) is 12.8. The summed E-state index contributed by atoms with van der Waals surface area (Å²) in [4.78, 5) is 27.4. The fourth-order valence-electron chi connectivity index (χ4n) is 3.69. The summed E-state index contributed by atoms with van der Waals surface area (Å²) < 4.78 is 36.9. The molecule has 0 fully saturated rings. The quantitative estimate of drug-likeness (QED) is 0.482. The summed E-state index contributed by atoms with van der Waals surface area (Å²) in [6.45, 7) is 2.16. The standard InChI is InChI=1S/C23H21ClN2O2.C2HF3O2/c1-15(27)26-14-20-6-4-16(19-7-10-23(28-2)25-13-19)11-17(20)3-5-18-12-21(24)8-9-22(18)26;3-2(4,5)1(6)7/h4,6-13H,3,5,14H2,1-2H3;(H,6,7). The van der Waals surface area contributed by atoms with Gasteiger partial charge in [-0.05, 0) is 59.4 Å². The predicted molar refractivity (Wildman–Crippen MR) is 126 cm³/mol. The van der Waals surface area contributed by atoms with Gasteiger partial charge in [-0.25, -0.2) is 9.78 Å². The van der Waals surface area contributed by atoms with E-state index in [2.05, 4.69) is 23.2 Å². The lowest BCUT2D eigenvalue weighted by Gasteiger charge is -2.28. The van der Waals surface area contributed by atoms with Crippen LogP contribution in [-0.2, 0) is 29.0 Å². The summed E-state index contributed by atoms with van der Waals surface area (Å²) in [5.74, 6) is -2.13. The average Bonchev–Trinajstić information content (AvgIpc) is 2.80. The number of ether oxygens (including phenoxy) is 1. The van der Waals surface area contributed by atoms with E-state index in [4.69, 9.17) is 26.2 Å². The Balaban J connectivity index is 0.000000429. The SMILES string of the molecule is COc1ccc(-c2ccc3c(c2)CCc2cc(Cl)ccc2N(C(C)=O)C3)cn1.O=C(O)C(F)(F)F. The minimum Gasteiger partial charge on any atom is -0.481 e. The lowest BCUT2D eigenvalue weighted by Crippen LogP contribution is -2.30. The number of hydrogen-bond donors (Lipinski definition) is 1. The summed E-state index contributed by atoms with van der Waals surface area (Å²) in [5.41, 5.74) is 6.61. The van der Waals surface area contributed by atoms with Crippen LogP contribution >= 0.6 is 11.6 Å². The number of carbonyl (C=O) groups is 2. The van der Waals surface area contributed by atoms with Crippen LogP contribution < -0.4 is 9.64 Å². The fourth-order valence-corrected chi connectivity index (χ4v) is 3.88. The first kappa shape index (κ1) is 26.0. The number of methoxy groups -OCH3 is 1. The number of hydrogen-bond acceptors (Lipinski definition) is 4. The van der Waals surface area contributed by atoms with Crippen molar-refractivity contribution in [3.05, 3.63) is 76.4 Å². The third-order valence-electron chi connectivity index (χ3n) is 5.43. The van der Waals surface area contributed by atoms with Gasteiger partial charge in [0.05, 0.1) is 13.7 Å². The topological polar surface area (TPSA) is 79.7 Å². The molecule has 0 spiro atoms. The van der Waals surface area contributed by atoms with Gasteiger partial charge in [0.15, 0.2) is 0 Å². The molecule has 4 rings (SSSR count). The van der Waals surface area contributed by atoms with Crippen molar-refractivity contribution < 1.29 is 32.6 Å². The molecule has 35 heavy (non-hydrogen) atoms. The first-order valence-corrected chi connectivity index (χ1v) is 10.9. The smallest absolute Gasteiger partial charge is 0.481 e. The van der Waals surface area contributed by atoms with E-state index < -0.39 is 12.1 Å². The number of benzene rings is 2. The molecule has 0 saturated carbocycles. The maximum absolute atomic E-state index is 12.3. The molecule has 0 bridgehead atoms. The number of carbonyl (C=O) groups excluding carboxylic acids is 1. The molecule has 0 aliphatic carbocycles. The van der Waals surface area contributed by atoms with Crippen LogP contribution in [0, 0.1) is 0 Å². The molecule has 0 unspecified atom stereocenters. The van der Waals surface area contributed by atoms with Crippen molar-refractivity contribution in [1.29, 1.82) is 0 Å². The van der Waals surface area contributed by atoms with Gasteiger partial charge in [-0.2, -0.15) is 13.2 Å². The van der Waals surface area contributed by atoms with E-state index in [0.29, 0.717) is 17.4 Å². The number of aryl methyl sites for hydroxylation is 2. The number of carboxylic acid groups (broad SMARTS) is 1. The molecule has 0 radical (unpaired) electrons. The molecule has 1 amide bonds. The van der Waals surface area contributed by atoms with Crippen LogP contribution in [0.2, 0.25) is 5.02 Å². The van der Waals surface area contributed by atoms with Crippen LogP contribution in [0.15, 0.2) is 54.7 Å². The Kier molecular flexibility index (Phi) is 8.01. The van der Waals surface area contributed by atoms with Gasteiger partial charge < -0.3 is 14.7 Å². The Morgan fingerprint density at radius 1 is 1.00 bits per heavy atom. The van der Waals surface area contributed by atoms with Crippen LogP contribution in [0.4, 0.5) is 18.9 Å². The van der Waals surface area contributed by atoms with Crippen molar-refractivity contribution in [1.82, 2.24) is 4.98 Å². The molecule has 10 heteroatoms. The summed E-state index contributed by atoms with van der Waals surface area (Å²) >= 11 is 6.21. The van der Waals surface area contributed by atoms with Crippen molar-refractivity contribution >= 4 is 29.2 Å². The molecule has 1 aliphatic heterocycles. The summed E-state index contributed by atoms with van der Waals surface area (Å²) in [6.07, 6.45) is -1.54. The first-order valence-electron chi connectivity index (χ1n) is 10.5. The van der Waals surface area contributed by atoms with E-state index in [1.54, 1.807) is 14.0 Å². The zero-order valence-electron chi connectivity index (χ0n) is 18.9. The number of nitrogens with zero attached hydrogens (tertiary/aromatic N) is 2. The van der Waals surface area contributed by atoms with Gasteiger partial charge >= 0.3 is 12.1 Å². The predicted octanol–water partition coefficient (Wildman–Crippen LogP) is 5.70. The monoisotopic (exact) mass is 506 g/mol. The third kappa shape index (κ3) is 6.51. The molecule has 3 aromatic rings. The van der Waals surface area contributed by atoms with E-state index in [1.807, 2.05) is 41.4 Å². The third-order valence-corrected chi connectivity index (χ3v) is 5.67. The number of amides is 1. The highest BCUT2D eigenvalue weighted by Crippen LogP contribution is 2.32. The summed E-state index contributed by atoms with van der Waals surface area (Å²) in [5, 5.41) is 7.82. The van der Waals surface area contributed by atoms with Crippen molar-refractivity contribution in [3.8, 4) is 17.0 Å². The molecule has 1 aromatic heterocycles. The van der Waals surface area contributed by atoms with Gasteiger partial charge in [-0.15, -0.1) is 0 Å². The summed E-state index contributed by atoms with van der Waals surface area (Å²) in [6, 6.07) is 16.0. The van der Waals surface area contributed by atoms with Crippen LogP contribution in [0.3, 0.4) is 0 Å². The molecule has 6 nitrogen and oxygen atoms in total. The number of alkyl halides is 3. The molecule has 1 N–H and O–H groups in total. The number of fused-ring (bicyclic) bond motifs is 2. The largest absolute Gasteiger partial charge is 0.490 e. The Morgan fingerprint density at radius 2 is 1.66 bits per heavy atom. The summed E-state index contributed by atoms with van der Waals surface area (Å²) in [7, 11) is 1.61. The maximum atomic E-state index is 12.3. The Bertz CT molecular complexity index is 1230. The minimum absolute atomic E-state index is 0.0276. The lowest BCUT2D eigenvalue weighted by molar-refractivity contribution is -0.192. The zero-order valence-corrected chi connectivity index (χ0v) is 19.7. The first-order chi connectivity index (χ1) is 16.5. The number of pyridine rings is 1. The fraction of sp³-hybridized carbons (Fsp3) is 0.240. The van der Waals surface area contributed by atoms with Crippen molar-refractivity contribution in [2.45, 2.75) is 32.5 Å². The number of carboxylic acids is 1. The molecule has 184 valence electrons. The van der Waals surface area contributed by atoms with Crippen LogP contribution in [0.1, 0.15) is 23.6 Å². The Morgan fingerprint density at radius 3 is 2.23 bits per heavy atom.